The van der Waals surface area contributed by atoms with Crippen molar-refractivity contribution in [3.8, 4) is 5.75 Å². The molecule has 0 fully saturated rings. The molecule has 8 nitrogen and oxygen atoms in total. The van der Waals surface area contributed by atoms with E-state index in [1.54, 1.807) is 36.4 Å². The van der Waals surface area contributed by atoms with E-state index in [4.69, 9.17) is 15.3 Å². The summed E-state index contributed by atoms with van der Waals surface area (Å²) >= 11 is 0. The fourth-order valence-corrected chi connectivity index (χ4v) is 2.95. The van der Waals surface area contributed by atoms with Gasteiger partial charge in [0.15, 0.2) is 12.4 Å². The van der Waals surface area contributed by atoms with Gasteiger partial charge in [-0.15, -0.1) is 0 Å². The van der Waals surface area contributed by atoms with Gasteiger partial charge < -0.3 is 25.9 Å². The lowest BCUT2D eigenvalue weighted by Gasteiger charge is -2.11. The van der Waals surface area contributed by atoms with Gasteiger partial charge in [-0.25, -0.2) is 0 Å². The van der Waals surface area contributed by atoms with Crippen LogP contribution in [0.3, 0.4) is 0 Å². The highest BCUT2D eigenvalue weighted by Crippen LogP contribution is 2.19. The number of ether oxygens (including phenoxy) is 1. The Bertz CT molecular complexity index is 1120. The molecule has 3 rings (SSSR count). The van der Waals surface area contributed by atoms with E-state index in [2.05, 4.69) is 15.8 Å². The Balaban J connectivity index is 1.56. The molecule has 0 heterocycles. The summed E-state index contributed by atoms with van der Waals surface area (Å²) in [4.78, 5) is 29.3. The van der Waals surface area contributed by atoms with Crippen molar-refractivity contribution in [3.05, 3.63) is 95.6 Å². The number of rotatable bonds is 10. The van der Waals surface area contributed by atoms with Crippen molar-refractivity contribution in [1.29, 1.82) is 0 Å². The Morgan fingerprint density at radius 2 is 1.73 bits per heavy atom. The van der Waals surface area contributed by atoms with Gasteiger partial charge in [0, 0.05) is 17.8 Å². The number of hydrogen-bond donors (Lipinski definition) is 3. The molecule has 33 heavy (non-hydrogen) atoms. The molecule has 0 atom stereocenters. The first kappa shape index (κ1) is 23.3. The maximum Gasteiger partial charge on any atom is 0.265 e. The molecule has 0 spiro atoms. The fraction of sp³-hybridized carbons (Fsp3) is 0.160. The summed E-state index contributed by atoms with van der Waals surface area (Å²) in [5, 5.41) is 9.22. The molecule has 0 unspecified atom stereocenters. The number of nitrogens with one attached hydrogen (secondary N) is 2. The molecule has 8 heteroatoms. The van der Waals surface area contributed by atoms with Crippen LogP contribution in [-0.2, 0) is 16.2 Å². The highest BCUT2D eigenvalue weighted by atomic mass is 16.6. The number of para-hydroxylation sites is 1. The average Bonchev–Trinajstić information content (AvgIpc) is 2.84. The van der Waals surface area contributed by atoms with Crippen molar-refractivity contribution >= 4 is 23.3 Å². The fourth-order valence-electron chi connectivity index (χ4n) is 2.95. The Morgan fingerprint density at radius 1 is 0.970 bits per heavy atom. The molecular weight excluding hydrogens is 420 g/mol. The highest BCUT2D eigenvalue weighted by Gasteiger charge is 2.10. The van der Waals surface area contributed by atoms with Gasteiger partial charge in [-0.1, -0.05) is 53.7 Å². The molecular formula is C25H26N4O4. The standard InChI is InChI=1S/C25H26N4O4/c1-2-27-25(31)19-11-8-12-20(15-19)28-23(30)17-33-29-24(26)21-13-6-7-14-22(21)32-16-18-9-4-3-5-10-18/h3-15H,2,16-17H2,1H3,(H2,26,29)(H,27,31)(H,28,30). The maximum absolute atomic E-state index is 12.2. The van der Waals surface area contributed by atoms with Gasteiger partial charge in [0.1, 0.15) is 12.4 Å². The molecule has 0 aliphatic rings. The monoisotopic (exact) mass is 446 g/mol. The largest absolute Gasteiger partial charge is 0.488 e. The zero-order chi connectivity index (χ0) is 23.5. The minimum absolute atomic E-state index is 0.0877. The van der Waals surface area contributed by atoms with E-state index in [0.29, 0.717) is 35.7 Å². The van der Waals surface area contributed by atoms with Crippen molar-refractivity contribution < 1.29 is 19.2 Å². The van der Waals surface area contributed by atoms with E-state index >= 15 is 0 Å². The minimum Gasteiger partial charge on any atom is -0.488 e. The molecule has 4 N–H and O–H groups in total. The molecule has 3 aromatic carbocycles. The molecule has 0 bridgehead atoms. The van der Waals surface area contributed by atoms with Crippen molar-refractivity contribution in [2.45, 2.75) is 13.5 Å². The third-order valence-corrected chi connectivity index (χ3v) is 4.50. The predicted molar refractivity (Wildman–Crippen MR) is 127 cm³/mol. The van der Waals surface area contributed by atoms with E-state index < -0.39 is 5.91 Å². The Morgan fingerprint density at radius 3 is 2.52 bits per heavy atom. The van der Waals surface area contributed by atoms with Gasteiger partial charge in [0.2, 0.25) is 0 Å². The van der Waals surface area contributed by atoms with Crippen molar-refractivity contribution in [2.24, 2.45) is 10.9 Å². The molecule has 2 amide bonds. The van der Waals surface area contributed by atoms with Crippen LogP contribution in [0.1, 0.15) is 28.4 Å². The van der Waals surface area contributed by atoms with Crippen LogP contribution >= 0.6 is 0 Å². The van der Waals surface area contributed by atoms with Gasteiger partial charge in [-0.2, -0.15) is 0 Å². The summed E-state index contributed by atoms with van der Waals surface area (Å²) in [6.07, 6.45) is 0. The third kappa shape index (κ3) is 7.10. The smallest absolute Gasteiger partial charge is 0.265 e. The van der Waals surface area contributed by atoms with Gasteiger partial charge in [-0.05, 0) is 42.8 Å². The first-order valence-electron chi connectivity index (χ1n) is 10.5. The summed E-state index contributed by atoms with van der Waals surface area (Å²) in [6, 6.07) is 23.6. The summed E-state index contributed by atoms with van der Waals surface area (Å²) in [7, 11) is 0. The summed E-state index contributed by atoms with van der Waals surface area (Å²) < 4.78 is 5.87. The number of amidine groups is 1. The van der Waals surface area contributed by atoms with Crippen molar-refractivity contribution in [2.75, 3.05) is 18.5 Å². The lowest BCUT2D eigenvalue weighted by atomic mass is 10.2. The number of carbonyl (C=O) groups is 2. The zero-order valence-electron chi connectivity index (χ0n) is 18.3. The van der Waals surface area contributed by atoms with Crippen molar-refractivity contribution in [1.82, 2.24) is 5.32 Å². The first-order chi connectivity index (χ1) is 16.1. The number of benzene rings is 3. The van der Waals surface area contributed by atoms with Crippen LogP contribution in [-0.4, -0.2) is 30.8 Å². The molecule has 0 aliphatic heterocycles. The molecule has 0 aromatic heterocycles. The summed E-state index contributed by atoms with van der Waals surface area (Å²) in [5.41, 5.74) is 8.56. The normalized spacial score (nSPS) is 10.9. The van der Waals surface area contributed by atoms with Crippen LogP contribution in [0.2, 0.25) is 0 Å². The molecule has 0 saturated heterocycles. The highest BCUT2D eigenvalue weighted by molar-refractivity contribution is 6.00. The minimum atomic E-state index is -0.437. The lowest BCUT2D eigenvalue weighted by Crippen LogP contribution is -2.23. The quantitative estimate of drug-likeness (QED) is 0.251. The number of oxime groups is 1. The number of carbonyl (C=O) groups excluding carboxylic acids is 2. The summed E-state index contributed by atoms with van der Waals surface area (Å²) in [5.74, 6) is -0.00824. The number of nitrogens with zero attached hydrogens (tertiary/aromatic N) is 1. The second-order valence-corrected chi connectivity index (χ2v) is 7.01. The first-order valence-corrected chi connectivity index (χ1v) is 10.5. The van der Waals surface area contributed by atoms with E-state index in [-0.39, 0.29) is 18.3 Å². The van der Waals surface area contributed by atoms with Crippen LogP contribution in [0, 0.1) is 0 Å². The molecule has 0 saturated carbocycles. The van der Waals surface area contributed by atoms with E-state index in [9.17, 15) is 9.59 Å². The number of hydrogen-bond acceptors (Lipinski definition) is 5. The van der Waals surface area contributed by atoms with Crippen LogP contribution in [0.4, 0.5) is 5.69 Å². The number of amides is 2. The Kier molecular flexibility index (Phi) is 8.41. The number of anilines is 1. The second kappa shape index (κ2) is 11.9. The van der Waals surface area contributed by atoms with Gasteiger partial charge in [0.05, 0.1) is 5.56 Å². The third-order valence-electron chi connectivity index (χ3n) is 4.50. The second-order valence-electron chi connectivity index (χ2n) is 7.01. The van der Waals surface area contributed by atoms with E-state index in [0.717, 1.165) is 5.56 Å². The predicted octanol–water partition coefficient (Wildman–Crippen LogP) is 3.29. The average molecular weight is 447 g/mol. The molecule has 0 aliphatic carbocycles. The van der Waals surface area contributed by atoms with E-state index in [1.165, 1.54) is 0 Å². The lowest BCUT2D eigenvalue weighted by molar-refractivity contribution is -0.120. The Hall–Kier alpha value is -4.33. The topological polar surface area (TPSA) is 115 Å². The zero-order valence-corrected chi connectivity index (χ0v) is 18.3. The van der Waals surface area contributed by atoms with Crippen molar-refractivity contribution in [3.63, 3.8) is 0 Å². The van der Waals surface area contributed by atoms with Crippen LogP contribution in [0.15, 0.2) is 84.0 Å². The molecule has 170 valence electrons. The SMILES string of the molecule is CCNC(=O)c1cccc(NC(=O)CO/N=C(/N)c2ccccc2OCc2ccccc2)c1. The molecule has 0 radical (unpaired) electrons. The van der Waals surface area contributed by atoms with Gasteiger partial charge >= 0.3 is 0 Å². The van der Waals surface area contributed by atoms with Crippen LogP contribution in [0.5, 0.6) is 5.75 Å². The van der Waals surface area contributed by atoms with Gasteiger partial charge in [0.25, 0.3) is 11.8 Å². The molecule has 3 aromatic rings. The number of nitrogens with two attached hydrogens (primary N) is 1. The Labute approximate surface area is 192 Å². The summed E-state index contributed by atoms with van der Waals surface area (Å²) in [6.45, 7) is 2.38. The maximum atomic E-state index is 12.2. The van der Waals surface area contributed by atoms with E-state index in [1.807, 2.05) is 49.4 Å². The van der Waals surface area contributed by atoms with Crippen LogP contribution in [0.25, 0.3) is 0 Å². The van der Waals surface area contributed by atoms with Gasteiger partial charge in [-0.3, -0.25) is 9.59 Å². The van der Waals surface area contributed by atoms with Crippen LogP contribution < -0.4 is 21.1 Å².